The predicted octanol–water partition coefficient (Wildman–Crippen LogP) is 1.82. The zero-order valence-electron chi connectivity index (χ0n) is 19.8. The summed E-state index contributed by atoms with van der Waals surface area (Å²) in [5, 5.41) is 24.5. The molecule has 11 nitrogen and oxygen atoms in total. The van der Waals surface area contributed by atoms with Crippen LogP contribution in [0.2, 0.25) is 5.02 Å². The first kappa shape index (κ1) is 27.0. The molecular weight excluding hydrogens is 538 g/mol. The topological polar surface area (TPSA) is 162 Å². The first-order chi connectivity index (χ1) is 18.1. The minimum atomic E-state index is -1.36. The quantitative estimate of drug-likeness (QED) is 0.279. The van der Waals surface area contributed by atoms with Crippen molar-refractivity contribution in [3.63, 3.8) is 0 Å². The van der Waals surface area contributed by atoms with Gasteiger partial charge in [0.1, 0.15) is 35.5 Å². The van der Waals surface area contributed by atoms with Crippen LogP contribution in [0.3, 0.4) is 0 Å². The van der Waals surface area contributed by atoms with Crippen molar-refractivity contribution in [3.05, 3.63) is 76.0 Å². The van der Waals surface area contributed by atoms with Crippen LogP contribution >= 0.6 is 23.4 Å². The van der Waals surface area contributed by atoms with Crippen LogP contribution in [0.5, 0.6) is 5.75 Å². The molecule has 3 amide bonds. The molecule has 13 heteroatoms. The fraction of sp³-hybridized carbons (Fsp3) is 0.240. The molecule has 1 saturated heterocycles. The number of hydrogen-bond acceptors (Lipinski definition) is 8. The first-order valence-corrected chi connectivity index (χ1v) is 12.7. The standard InChI is InChI=1S/C25H22ClN3O8S/c1-12(30)37-10-14-11-38-24-19(23(34)29(24)20(14)25(35)36)28-22(33)18(13-5-3-2-4-6-13)27-21(32)16-9-15(26)7-8-17(16)31/h2-9,18-19,24,31H,10-11H2,1H3,(H,27,32)(H,28,33)(H,35,36)/t18-,19+,24+/m0/s1. The maximum atomic E-state index is 13.4. The number of phenols is 1. The lowest BCUT2D eigenvalue weighted by atomic mass is 10.0. The lowest BCUT2D eigenvalue weighted by Crippen LogP contribution is -2.71. The van der Waals surface area contributed by atoms with E-state index in [4.69, 9.17) is 16.3 Å². The molecular formula is C25H22ClN3O8S. The number of rotatable bonds is 8. The number of β-lactam (4-membered cyclic amide) rings is 1. The van der Waals surface area contributed by atoms with Gasteiger partial charge in [0.25, 0.3) is 11.8 Å². The minimum Gasteiger partial charge on any atom is -0.507 e. The number of halogens is 1. The third kappa shape index (κ3) is 5.46. The van der Waals surface area contributed by atoms with E-state index in [1.54, 1.807) is 30.3 Å². The summed E-state index contributed by atoms with van der Waals surface area (Å²) in [5.41, 5.74) is 0.253. The van der Waals surface area contributed by atoms with Crippen molar-refractivity contribution in [3.8, 4) is 5.75 Å². The van der Waals surface area contributed by atoms with Gasteiger partial charge in [0.05, 0.1) is 5.56 Å². The van der Waals surface area contributed by atoms with E-state index in [9.17, 15) is 34.2 Å². The van der Waals surface area contributed by atoms with E-state index in [0.717, 1.165) is 4.90 Å². The van der Waals surface area contributed by atoms with Gasteiger partial charge in [-0.2, -0.15) is 0 Å². The highest BCUT2D eigenvalue weighted by molar-refractivity contribution is 8.00. The van der Waals surface area contributed by atoms with Gasteiger partial charge in [-0.25, -0.2) is 4.79 Å². The zero-order chi connectivity index (χ0) is 27.6. The predicted molar refractivity (Wildman–Crippen MR) is 136 cm³/mol. The Labute approximate surface area is 225 Å². The molecule has 0 spiro atoms. The van der Waals surface area contributed by atoms with Crippen LogP contribution < -0.4 is 10.6 Å². The largest absolute Gasteiger partial charge is 0.507 e. The molecule has 0 bridgehead atoms. The Morgan fingerprint density at radius 3 is 2.55 bits per heavy atom. The molecule has 38 heavy (non-hydrogen) atoms. The second kappa shape index (κ2) is 11.2. The molecule has 2 aromatic rings. The maximum absolute atomic E-state index is 13.4. The summed E-state index contributed by atoms with van der Waals surface area (Å²) < 4.78 is 4.92. The van der Waals surface area contributed by atoms with Crippen molar-refractivity contribution in [2.24, 2.45) is 0 Å². The van der Waals surface area contributed by atoms with E-state index in [1.807, 2.05) is 0 Å². The Kier molecular flexibility index (Phi) is 7.93. The molecule has 0 saturated carbocycles. The monoisotopic (exact) mass is 559 g/mol. The lowest BCUT2D eigenvalue weighted by molar-refractivity contribution is -0.151. The van der Waals surface area contributed by atoms with Crippen LogP contribution in [0.15, 0.2) is 59.8 Å². The molecule has 2 aliphatic heterocycles. The van der Waals surface area contributed by atoms with Gasteiger partial charge < -0.3 is 25.6 Å². The second-order valence-electron chi connectivity index (χ2n) is 8.41. The van der Waals surface area contributed by atoms with Crippen LogP contribution in [-0.2, 0) is 23.9 Å². The summed E-state index contributed by atoms with van der Waals surface area (Å²) in [6.07, 6.45) is 0. The number of fused-ring (bicyclic) bond motifs is 1. The lowest BCUT2D eigenvalue weighted by Gasteiger charge is -2.49. The van der Waals surface area contributed by atoms with Crippen molar-refractivity contribution in [2.75, 3.05) is 12.4 Å². The van der Waals surface area contributed by atoms with E-state index in [0.29, 0.717) is 5.56 Å². The Morgan fingerprint density at radius 1 is 1.18 bits per heavy atom. The van der Waals surface area contributed by atoms with E-state index in [1.165, 1.54) is 36.9 Å². The fourth-order valence-electron chi connectivity index (χ4n) is 4.06. The third-order valence-electron chi connectivity index (χ3n) is 5.87. The average Bonchev–Trinajstić information content (AvgIpc) is 2.89. The highest BCUT2D eigenvalue weighted by Gasteiger charge is 2.54. The molecule has 0 aliphatic carbocycles. The van der Waals surface area contributed by atoms with Gasteiger partial charge in [0, 0.05) is 23.3 Å². The molecule has 2 aliphatic rings. The summed E-state index contributed by atoms with van der Waals surface area (Å²) in [6.45, 7) is 0.922. The Hall–Kier alpha value is -4.03. The number of thioether (sulfide) groups is 1. The number of nitrogens with zero attached hydrogens (tertiary/aromatic N) is 1. The Balaban J connectivity index is 1.54. The molecule has 0 radical (unpaired) electrons. The molecule has 3 atom stereocenters. The number of aliphatic carboxylic acids is 1. The smallest absolute Gasteiger partial charge is 0.352 e. The molecule has 198 valence electrons. The summed E-state index contributed by atoms with van der Waals surface area (Å²) in [7, 11) is 0. The van der Waals surface area contributed by atoms with Crippen molar-refractivity contribution in [1.82, 2.24) is 15.5 Å². The number of esters is 1. The molecule has 0 unspecified atom stereocenters. The Bertz CT molecular complexity index is 1350. The number of benzene rings is 2. The number of ether oxygens (including phenoxy) is 1. The highest BCUT2D eigenvalue weighted by atomic mass is 35.5. The number of carbonyl (C=O) groups is 5. The average molecular weight is 560 g/mol. The number of aromatic hydroxyl groups is 1. The first-order valence-electron chi connectivity index (χ1n) is 11.3. The van der Waals surface area contributed by atoms with Gasteiger partial charge in [-0.05, 0) is 23.8 Å². The van der Waals surface area contributed by atoms with E-state index < -0.39 is 47.1 Å². The molecule has 4 N–H and O–H groups in total. The number of nitrogens with one attached hydrogen (secondary N) is 2. The van der Waals surface area contributed by atoms with Gasteiger partial charge in [-0.3, -0.25) is 24.1 Å². The molecule has 4 rings (SSSR count). The van der Waals surface area contributed by atoms with Crippen LogP contribution in [-0.4, -0.2) is 68.5 Å². The van der Waals surface area contributed by atoms with Gasteiger partial charge in [-0.15, -0.1) is 11.8 Å². The van der Waals surface area contributed by atoms with Gasteiger partial charge in [-0.1, -0.05) is 41.9 Å². The van der Waals surface area contributed by atoms with Crippen molar-refractivity contribution < 1.29 is 38.9 Å². The van der Waals surface area contributed by atoms with Crippen LogP contribution in [0.1, 0.15) is 28.9 Å². The van der Waals surface area contributed by atoms with Crippen molar-refractivity contribution in [2.45, 2.75) is 24.4 Å². The van der Waals surface area contributed by atoms with Gasteiger partial charge in [0.15, 0.2) is 0 Å². The summed E-state index contributed by atoms with van der Waals surface area (Å²) in [6, 6.07) is 9.89. The number of phenolic OH excluding ortho intramolecular Hbond substituents is 1. The zero-order valence-corrected chi connectivity index (χ0v) is 21.4. The summed E-state index contributed by atoms with van der Waals surface area (Å²) in [5.74, 6) is -4.24. The maximum Gasteiger partial charge on any atom is 0.352 e. The number of carboxylic acid groups (broad SMARTS) is 1. The van der Waals surface area contributed by atoms with Crippen molar-refractivity contribution >= 4 is 53.0 Å². The second-order valence-corrected chi connectivity index (χ2v) is 9.95. The van der Waals surface area contributed by atoms with E-state index in [2.05, 4.69) is 10.6 Å². The van der Waals surface area contributed by atoms with Gasteiger partial charge >= 0.3 is 11.9 Å². The minimum absolute atomic E-state index is 0.142. The van der Waals surface area contributed by atoms with E-state index >= 15 is 0 Å². The number of amides is 3. The summed E-state index contributed by atoms with van der Waals surface area (Å²) in [4.78, 5) is 63.4. The number of hydrogen-bond donors (Lipinski definition) is 4. The number of carbonyl (C=O) groups excluding carboxylic acids is 4. The van der Waals surface area contributed by atoms with E-state index in [-0.39, 0.29) is 40.0 Å². The van der Waals surface area contributed by atoms with Crippen LogP contribution in [0, 0.1) is 0 Å². The number of carboxylic acids is 1. The normalized spacial score (nSPS) is 19.1. The van der Waals surface area contributed by atoms with Gasteiger partial charge in [0.2, 0.25) is 5.91 Å². The molecule has 2 aromatic carbocycles. The Morgan fingerprint density at radius 2 is 1.89 bits per heavy atom. The van der Waals surface area contributed by atoms with Crippen LogP contribution in [0.25, 0.3) is 0 Å². The molecule has 2 heterocycles. The fourth-order valence-corrected chi connectivity index (χ4v) is 5.56. The summed E-state index contributed by atoms with van der Waals surface area (Å²) >= 11 is 7.16. The molecule has 0 aromatic heterocycles. The van der Waals surface area contributed by atoms with Crippen molar-refractivity contribution in [1.29, 1.82) is 0 Å². The third-order valence-corrected chi connectivity index (χ3v) is 7.45. The highest BCUT2D eigenvalue weighted by Crippen LogP contribution is 2.40. The molecule has 1 fully saturated rings. The van der Waals surface area contributed by atoms with Crippen LogP contribution in [0.4, 0.5) is 0 Å². The SMILES string of the molecule is CC(=O)OCC1=C(C(=O)O)N2C(=O)[C@@H](NC(=O)[C@@H](NC(=O)c3cc(Cl)ccc3O)c3ccccc3)[C@H]2SC1.